The quantitative estimate of drug-likeness (QED) is 0.657. The van der Waals surface area contributed by atoms with Gasteiger partial charge in [-0.2, -0.15) is 0 Å². The van der Waals surface area contributed by atoms with Crippen LogP contribution >= 0.6 is 0 Å². The van der Waals surface area contributed by atoms with Crippen molar-refractivity contribution in [3.8, 4) is 11.8 Å². The number of likely N-dealkylation sites (tertiary alicyclic amines) is 1. The Balaban J connectivity index is 1.97. The van der Waals surface area contributed by atoms with E-state index < -0.39 is 0 Å². The molecule has 2 rings (SSSR count). The van der Waals surface area contributed by atoms with E-state index in [1.54, 1.807) is 0 Å². The topological polar surface area (TPSA) is 12.5 Å². The van der Waals surface area contributed by atoms with E-state index in [2.05, 4.69) is 23.7 Å². The van der Waals surface area contributed by atoms with E-state index in [4.69, 9.17) is 4.74 Å². The van der Waals surface area contributed by atoms with Gasteiger partial charge in [0.1, 0.15) is 0 Å². The predicted octanol–water partition coefficient (Wildman–Crippen LogP) is 2.04. The highest BCUT2D eigenvalue weighted by Crippen LogP contribution is 2.26. The average Bonchev–Trinajstić information content (AvgIpc) is 2.81. The zero-order valence-electron chi connectivity index (χ0n) is 9.83. The third kappa shape index (κ3) is 2.35. The van der Waals surface area contributed by atoms with Gasteiger partial charge in [-0.05, 0) is 25.7 Å². The molecule has 0 bridgehead atoms. The second-order valence-corrected chi connectivity index (χ2v) is 4.56. The molecule has 0 saturated carbocycles. The third-order valence-electron chi connectivity index (χ3n) is 3.73. The van der Waals surface area contributed by atoms with Gasteiger partial charge in [-0.25, -0.2) is 0 Å². The van der Waals surface area contributed by atoms with Gasteiger partial charge in [0.2, 0.25) is 0 Å². The summed E-state index contributed by atoms with van der Waals surface area (Å²) >= 11 is 0. The van der Waals surface area contributed by atoms with Crippen molar-refractivity contribution in [2.24, 2.45) is 0 Å². The summed E-state index contributed by atoms with van der Waals surface area (Å²) in [6, 6.07) is 1.22. The van der Waals surface area contributed by atoms with Gasteiger partial charge in [0.05, 0.1) is 12.1 Å². The molecule has 0 amide bonds. The fourth-order valence-electron chi connectivity index (χ4n) is 2.78. The van der Waals surface area contributed by atoms with Crippen LogP contribution in [0.5, 0.6) is 0 Å². The predicted molar refractivity (Wildman–Crippen MR) is 61.6 cm³/mol. The summed E-state index contributed by atoms with van der Waals surface area (Å²) in [7, 11) is 1.84. The molecule has 3 atom stereocenters. The van der Waals surface area contributed by atoms with Crippen molar-refractivity contribution >= 4 is 0 Å². The van der Waals surface area contributed by atoms with Crippen LogP contribution in [0.4, 0.5) is 0 Å². The van der Waals surface area contributed by atoms with Crippen molar-refractivity contribution in [2.45, 2.75) is 57.2 Å². The molecular formula is C13H21NO. The first-order valence-electron chi connectivity index (χ1n) is 6.12. The fourth-order valence-corrected chi connectivity index (χ4v) is 2.78. The van der Waals surface area contributed by atoms with Gasteiger partial charge in [0, 0.05) is 26.1 Å². The van der Waals surface area contributed by atoms with Crippen LogP contribution in [0.1, 0.15) is 39.0 Å². The molecule has 1 fully saturated rings. The van der Waals surface area contributed by atoms with E-state index in [-0.39, 0.29) is 0 Å². The molecular weight excluding hydrogens is 186 g/mol. The highest BCUT2D eigenvalue weighted by molar-refractivity contribution is 5.16. The van der Waals surface area contributed by atoms with Crippen LogP contribution in [0, 0.1) is 11.8 Å². The number of ether oxygens (including phenoxy) is 1. The Morgan fingerprint density at radius 1 is 1.40 bits per heavy atom. The first-order chi connectivity index (χ1) is 7.35. The Kier molecular flexibility index (Phi) is 3.66. The molecule has 0 aromatic heterocycles. The molecule has 0 radical (unpaired) electrons. The van der Waals surface area contributed by atoms with E-state index in [1.807, 2.05) is 7.11 Å². The van der Waals surface area contributed by atoms with E-state index in [0.29, 0.717) is 18.2 Å². The minimum atomic E-state index is 0.473. The van der Waals surface area contributed by atoms with Gasteiger partial charge in [-0.3, -0.25) is 4.90 Å². The highest BCUT2D eigenvalue weighted by Gasteiger charge is 2.31. The van der Waals surface area contributed by atoms with Crippen LogP contribution in [-0.2, 0) is 4.74 Å². The molecule has 0 aromatic rings. The summed E-state index contributed by atoms with van der Waals surface area (Å²) in [5, 5.41) is 0. The molecule has 0 aromatic carbocycles. The normalized spacial score (nSPS) is 36.3. The number of piperidine rings is 1. The standard InChI is InChI=1S/C13H21NO/c1-3-11-10-13(15-2)8-9-14(11)12-6-4-5-7-12/h11-13H,3-4,6,8-10H2,1-2H3. The molecule has 1 saturated heterocycles. The summed E-state index contributed by atoms with van der Waals surface area (Å²) in [5.41, 5.74) is 0. The summed E-state index contributed by atoms with van der Waals surface area (Å²) < 4.78 is 5.47. The van der Waals surface area contributed by atoms with Crippen molar-refractivity contribution in [1.29, 1.82) is 0 Å². The Hall–Kier alpha value is -0.520. The average molecular weight is 207 g/mol. The Morgan fingerprint density at radius 3 is 2.87 bits per heavy atom. The lowest BCUT2D eigenvalue weighted by molar-refractivity contribution is 0.000757. The first kappa shape index (κ1) is 11.0. The molecule has 2 nitrogen and oxygen atoms in total. The van der Waals surface area contributed by atoms with Crippen molar-refractivity contribution in [3.63, 3.8) is 0 Å². The van der Waals surface area contributed by atoms with E-state index in [1.165, 1.54) is 25.7 Å². The minimum absolute atomic E-state index is 0.473. The number of hydrogen-bond donors (Lipinski definition) is 0. The molecule has 2 aliphatic rings. The summed E-state index contributed by atoms with van der Waals surface area (Å²) in [6.45, 7) is 3.44. The fraction of sp³-hybridized carbons (Fsp3) is 0.846. The lowest BCUT2D eigenvalue weighted by atomic mass is 9.95. The first-order valence-corrected chi connectivity index (χ1v) is 6.12. The summed E-state index contributed by atoms with van der Waals surface area (Å²) in [5.74, 6) is 6.58. The lowest BCUT2D eigenvalue weighted by Crippen LogP contribution is -2.48. The zero-order valence-corrected chi connectivity index (χ0v) is 9.83. The molecule has 15 heavy (non-hydrogen) atoms. The van der Waals surface area contributed by atoms with Crippen LogP contribution in [0.25, 0.3) is 0 Å². The van der Waals surface area contributed by atoms with Crippen LogP contribution in [0.2, 0.25) is 0 Å². The summed E-state index contributed by atoms with van der Waals surface area (Å²) in [4.78, 5) is 2.61. The second-order valence-electron chi connectivity index (χ2n) is 4.56. The van der Waals surface area contributed by atoms with Gasteiger partial charge in [-0.1, -0.05) is 12.8 Å². The molecule has 1 heterocycles. The highest BCUT2D eigenvalue weighted by atomic mass is 16.5. The maximum Gasteiger partial charge on any atom is 0.0726 e. The molecule has 1 aliphatic heterocycles. The molecule has 0 spiro atoms. The van der Waals surface area contributed by atoms with Crippen molar-refractivity contribution in [2.75, 3.05) is 13.7 Å². The lowest BCUT2D eigenvalue weighted by Gasteiger charge is -2.41. The van der Waals surface area contributed by atoms with Crippen molar-refractivity contribution in [1.82, 2.24) is 4.90 Å². The SMILES string of the molecule is CCC1CC(OC)CCN1C1C#CCC1. The van der Waals surface area contributed by atoms with Gasteiger partial charge in [0.25, 0.3) is 0 Å². The molecule has 0 N–H and O–H groups in total. The van der Waals surface area contributed by atoms with E-state index in [0.717, 1.165) is 13.0 Å². The second kappa shape index (κ2) is 5.01. The smallest absolute Gasteiger partial charge is 0.0726 e. The van der Waals surface area contributed by atoms with Crippen molar-refractivity contribution < 1.29 is 4.74 Å². The van der Waals surface area contributed by atoms with Gasteiger partial charge in [0.15, 0.2) is 0 Å². The molecule has 1 aliphatic carbocycles. The van der Waals surface area contributed by atoms with Crippen LogP contribution in [-0.4, -0.2) is 36.7 Å². The van der Waals surface area contributed by atoms with E-state index >= 15 is 0 Å². The van der Waals surface area contributed by atoms with Gasteiger partial charge >= 0.3 is 0 Å². The number of methoxy groups -OCH3 is 1. The van der Waals surface area contributed by atoms with Gasteiger partial charge in [-0.15, -0.1) is 5.92 Å². The Labute approximate surface area is 93.0 Å². The maximum absolute atomic E-state index is 5.47. The van der Waals surface area contributed by atoms with E-state index in [9.17, 15) is 0 Å². The third-order valence-corrected chi connectivity index (χ3v) is 3.73. The summed E-state index contributed by atoms with van der Waals surface area (Å²) in [6.07, 6.45) is 6.36. The monoisotopic (exact) mass is 207 g/mol. The number of nitrogens with zero attached hydrogens (tertiary/aromatic N) is 1. The number of hydrogen-bond acceptors (Lipinski definition) is 2. The van der Waals surface area contributed by atoms with Crippen molar-refractivity contribution in [3.05, 3.63) is 0 Å². The maximum atomic E-state index is 5.47. The minimum Gasteiger partial charge on any atom is -0.381 e. The van der Waals surface area contributed by atoms with Crippen LogP contribution in [0.3, 0.4) is 0 Å². The largest absolute Gasteiger partial charge is 0.381 e. The number of rotatable bonds is 3. The van der Waals surface area contributed by atoms with Gasteiger partial charge < -0.3 is 4.74 Å². The molecule has 3 unspecified atom stereocenters. The molecule has 2 heteroatoms. The molecule has 84 valence electrons. The zero-order chi connectivity index (χ0) is 10.7. The van der Waals surface area contributed by atoms with Crippen LogP contribution in [0.15, 0.2) is 0 Å². The Bertz CT molecular complexity index is 265. The Morgan fingerprint density at radius 2 is 2.27 bits per heavy atom. The van der Waals surface area contributed by atoms with Crippen LogP contribution < -0.4 is 0 Å².